The molecule has 21 aromatic carbocycles. The van der Waals surface area contributed by atoms with Crippen LogP contribution in [-0.2, 0) is 0 Å². The molecule has 146 heavy (non-hydrogen) atoms. The lowest BCUT2D eigenvalue weighted by Gasteiger charge is -2.15. The largest absolute Gasteiger partial charge is 0.291 e. The van der Waals surface area contributed by atoms with E-state index in [9.17, 15) is 0 Å². The number of aromatic nitrogens is 16. The van der Waals surface area contributed by atoms with Crippen LogP contribution in [-0.4, -0.2) is 76.7 Å². The van der Waals surface area contributed by atoms with E-state index >= 15 is 0 Å². The van der Waals surface area contributed by atoms with E-state index in [-0.39, 0.29) is 0 Å². The lowest BCUT2D eigenvalue weighted by Crippen LogP contribution is -2.06. The summed E-state index contributed by atoms with van der Waals surface area (Å²) in [5.74, 6) is 6.05. The van der Waals surface area contributed by atoms with Gasteiger partial charge in [0, 0.05) is 125 Å². The highest BCUT2D eigenvalue weighted by atomic mass is 15.2. The Morgan fingerprint density at radius 3 is 0.801 bits per heavy atom. The Kier molecular flexibility index (Phi) is 17.6. The molecule has 0 fully saturated rings. The zero-order chi connectivity index (χ0) is 95.5. The van der Waals surface area contributed by atoms with E-state index in [0.29, 0.717) is 23.5 Å². The van der Waals surface area contributed by atoms with Crippen LogP contribution < -0.4 is 0 Å². The van der Waals surface area contributed by atoms with Crippen LogP contribution in [0.3, 0.4) is 0 Å². The minimum Gasteiger partial charge on any atom is -0.291 e. The average Bonchev–Trinajstić information content (AvgIpc) is 1.53. The third-order valence-electron chi connectivity index (χ3n) is 29.6. The molecule has 0 aliphatic rings. The Labute approximate surface area is 830 Å². The summed E-state index contributed by atoms with van der Waals surface area (Å²) in [6, 6.07) is 161. The first-order valence-electron chi connectivity index (χ1n) is 49.2. The standard InChI is InChI=1S/C44H26N6.2C43H25N5/c1-4-15-27(16-5-1)41-46-42(28-17-6-2-7-18-28)48-44(47-41)50-35-26-14-24-31-30-21-12-13-25-34(30)49-40-37(36(31)35)39(50)33-23-11-10-22-32(33)38(40)45-43(49)29-19-8-3-9-20-29;1-3-14-26(15-4-1)38-43(45-33-23-11-10-22-32(33)44-38)48-35-25-13-21-29-28-18-9-12-24-34(28)47-41-37(36(29)35)40(48)31-20-8-7-19-30(31)39(41)46-42(47)27-16-5-2-6-17-27;1-3-14-26(15-4-1)38-32-21-9-11-23-33(32)44-43(46-38)48-35-25-13-22-29-28-18-10-12-24-34(28)47-41-37(36(29)35)40(48)31-20-8-7-19-30(31)39(41)45-42(47)27-16-5-2-6-17-27/h1-26H;2*1-25H. The van der Waals surface area contributed by atoms with Gasteiger partial charge >= 0.3 is 0 Å². The smallest absolute Gasteiger partial charge is 0.238 e. The molecule has 0 aliphatic heterocycles. The van der Waals surface area contributed by atoms with E-state index in [2.05, 4.69) is 421 Å². The van der Waals surface area contributed by atoms with Crippen molar-refractivity contribution < 1.29 is 0 Å². The highest BCUT2D eigenvalue weighted by Crippen LogP contribution is 2.53. The summed E-state index contributed by atoms with van der Waals surface area (Å²) in [6.07, 6.45) is 0. The predicted molar refractivity (Wildman–Crippen MR) is 597 cm³/mol. The summed E-state index contributed by atoms with van der Waals surface area (Å²) in [6.45, 7) is 0. The van der Waals surface area contributed by atoms with Crippen LogP contribution in [0.1, 0.15) is 0 Å². The van der Waals surface area contributed by atoms with Gasteiger partial charge in [-0.25, -0.2) is 39.9 Å². The maximum Gasteiger partial charge on any atom is 0.238 e. The molecule has 0 spiro atoms. The molecular weight excluding hydrogens is 1790 g/mol. The molecule has 33 rings (SSSR count). The molecule has 0 atom stereocenters. The molecule has 12 aromatic heterocycles. The molecule has 0 saturated carbocycles. The molecular formula is C130H76N16. The highest BCUT2D eigenvalue weighted by Gasteiger charge is 2.34. The SMILES string of the molecule is c1ccc(-c2nc(-c3ccccc3)nc(-n3c4cccc5c6ccccc6n6c(-c7ccccc7)nc7c8ccccc8c3c(c54)c76)n2)cc1.c1ccc(-c2nc(-n3c4cccc5c6ccccc6n6c(-c7ccccc7)nc7c8ccccc8c3c(c54)c76)nc3ccccc23)cc1.c1ccc(-c2nc3ccccc3nc2-n2c3cccc4c5ccccc5n5c(-c6ccccc6)nc6c7ccccc7c2c(c43)c65)cc1. The predicted octanol–water partition coefficient (Wildman–Crippen LogP) is 31.7. The summed E-state index contributed by atoms with van der Waals surface area (Å²) in [4.78, 5) is 53.3. The first kappa shape index (κ1) is 80.8. The van der Waals surface area contributed by atoms with Crippen LogP contribution in [0.2, 0.25) is 0 Å². The van der Waals surface area contributed by atoms with Gasteiger partial charge in [-0.05, 0) is 70.8 Å². The Hall–Kier alpha value is -20.1. The van der Waals surface area contributed by atoms with Crippen molar-refractivity contribution in [2.45, 2.75) is 0 Å². The van der Waals surface area contributed by atoms with Crippen molar-refractivity contribution in [3.8, 4) is 97.2 Å². The molecule has 0 saturated heterocycles. The fraction of sp³-hybridized carbons (Fsp3) is 0. The van der Waals surface area contributed by atoms with Gasteiger partial charge in [0.05, 0.1) is 105 Å². The third kappa shape index (κ3) is 11.8. The maximum atomic E-state index is 5.48. The van der Waals surface area contributed by atoms with Crippen LogP contribution >= 0.6 is 0 Å². The van der Waals surface area contributed by atoms with Crippen molar-refractivity contribution >= 4 is 202 Å². The number of imidazole rings is 3. The second kappa shape index (κ2) is 31.7. The third-order valence-corrected chi connectivity index (χ3v) is 29.6. The van der Waals surface area contributed by atoms with Gasteiger partial charge in [-0.1, -0.05) is 406 Å². The van der Waals surface area contributed by atoms with Crippen LogP contribution in [0.15, 0.2) is 461 Å². The average molecular weight is 1860 g/mol. The van der Waals surface area contributed by atoms with Crippen molar-refractivity contribution in [2.24, 2.45) is 0 Å². The molecule has 676 valence electrons. The van der Waals surface area contributed by atoms with E-state index in [0.717, 1.165) is 227 Å². The highest BCUT2D eigenvalue weighted by molar-refractivity contribution is 6.40. The topological polar surface area (TPSA) is 157 Å². The van der Waals surface area contributed by atoms with Gasteiger partial charge < -0.3 is 0 Å². The molecule has 16 nitrogen and oxygen atoms in total. The van der Waals surface area contributed by atoms with Crippen molar-refractivity contribution in [1.82, 2.24) is 76.7 Å². The summed E-state index contributed by atoms with van der Waals surface area (Å²) in [5, 5.41) is 21.7. The molecule has 16 heteroatoms. The van der Waals surface area contributed by atoms with Gasteiger partial charge in [-0.3, -0.25) is 26.9 Å². The quantitative estimate of drug-likeness (QED) is 0.129. The lowest BCUT2D eigenvalue weighted by molar-refractivity contribution is 0.955. The number of rotatable bonds is 10. The normalized spacial score (nSPS) is 12.1. The van der Waals surface area contributed by atoms with Gasteiger partial charge in [0.2, 0.25) is 11.9 Å². The number of nitrogens with zero attached hydrogens (tertiary/aromatic N) is 16. The molecule has 0 radical (unpaired) electrons. The fourth-order valence-corrected chi connectivity index (χ4v) is 23.5. The molecule has 0 aliphatic carbocycles. The number of hydrogen-bond acceptors (Lipinski definition) is 10. The summed E-state index contributed by atoms with van der Waals surface area (Å²) < 4.78 is 14.1. The van der Waals surface area contributed by atoms with E-state index in [4.69, 9.17) is 49.8 Å². The summed E-state index contributed by atoms with van der Waals surface area (Å²) in [5.41, 5.74) is 27.6. The minimum absolute atomic E-state index is 0.572. The van der Waals surface area contributed by atoms with Crippen molar-refractivity contribution in [2.75, 3.05) is 0 Å². The van der Waals surface area contributed by atoms with Gasteiger partial charge in [0.15, 0.2) is 17.5 Å². The van der Waals surface area contributed by atoms with E-state index < -0.39 is 0 Å². The van der Waals surface area contributed by atoms with Gasteiger partial charge in [-0.15, -0.1) is 0 Å². The molecule has 33 aromatic rings. The summed E-state index contributed by atoms with van der Waals surface area (Å²) in [7, 11) is 0. The minimum atomic E-state index is 0.572. The second-order valence-corrected chi connectivity index (χ2v) is 37.5. The summed E-state index contributed by atoms with van der Waals surface area (Å²) >= 11 is 0. The number of fused-ring (bicyclic) bond motifs is 20. The molecule has 0 N–H and O–H groups in total. The van der Waals surface area contributed by atoms with Crippen molar-refractivity contribution in [1.29, 1.82) is 0 Å². The Balaban J connectivity index is 0.0000000995. The number of hydrogen-bond donors (Lipinski definition) is 0. The zero-order valence-corrected chi connectivity index (χ0v) is 78.0. The van der Waals surface area contributed by atoms with Crippen molar-refractivity contribution in [3.63, 3.8) is 0 Å². The zero-order valence-electron chi connectivity index (χ0n) is 78.0. The fourth-order valence-electron chi connectivity index (χ4n) is 23.5. The molecule has 0 bridgehead atoms. The van der Waals surface area contributed by atoms with Gasteiger partial charge in [-0.2, -0.15) is 9.97 Å². The van der Waals surface area contributed by atoms with Gasteiger partial charge in [0.1, 0.15) is 23.2 Å². The van der Waals surface area contributed by atoms with Crippen LogP contribution in [0, 0.1) is 0 Å². The van der Waals surface area contributed by atoms with E-state index in [1.54, 1.807) is 0 Å². The van der Waals surface area contributed by atoms with Crippen LogP contribution in [0.4, 0.5) is 0 Å². The Morgan fingerprint density at radius 2 is 0.418 bits per heavy atom. The monoisotopic (exact) mass is 1860 g/mol. The Bertz CT molecular complexity index is 11100. The lowest BCUT2D eigenvalue weighted by atomic mass is 10.0. The molecule has 0 unspecified atom stereocenters. The molecule has 0 amide bonds. The van der Waals surface area contributed by atoms with Crippen LogP contribution in [0.5, 0.6) is 0 Å². The van der Waals surface area contributed by atoms with Crippen molar-refractivity contribution in [3.05, 3.63) is 461 Å². The molecule has 12 heterocycles. The van der Waals surface area contributed by atoms with Gasteiger partial charge in [0.25, 0.3) is 0 Å². The van der Waals surface area contributed by atoms with E-state index in [1.165, 1.54) is 48.5 Å². The first-order valence-corrected chi connectivity index (χ1v) is 49.2. The van der Waals surface area contributed by atoms with Crippen LogP contribution in [0.25, 0.3) is 299 Å². The Morgan fingerprint density at radius 1 is 0.144 bits per heavy atom. The first-order chi connectivity index (χ1) is 72.5. The number of benzene rings is 21. The van der Waals surface area contributed by atoms with E-state index in [1.807, 2.05) is 66.7 Å². The number of para-hydroxylation sites is 6. The maximum absolute atomic E-state index is 5.48. The second-order valence-electron chi connectivity index (χ2n) is 37.5.